The molecule has 6 rings (SSSR count). The van der Waals surface area contributed by atoms with E-state index >= 15 is 0 Å². The number of rotatable bonds is 8. The molecule has 1 atom stereocenters. The second-order valence-corrected chi connectivity index (χ2v) is 14.7. The number of hydrogen-bond acceptors (Lipinski definition) is 10. The Morgan fingerprint density at radius 3 is 2.75 bits per heavy atom. The van der Waals surface area contributed by atoms with Crippen molar-refractivity contribution in [1.29, 1.82) is 0 Å². The number of allylic oxidation sites excluding steroid dienone is 1. The van der Waals surface area contributed by atoms with E-state index in [0.29, 0.717) is 55.3 Å². The molecule has 0 bridgehead atoms. The summed E-state index contributed by atoms with van der Waals surface area (Å²) in [6.45, 7) is 8.42. The number of aryl methyl sites for hydroxylation is 1. The minimum absolute atomic E-state index is 0.0153. The van der Waals surface area contributed by atoms with Gasteiger partial charge in [-0.2, -0.15) is 4.98 Å². The van der Waals surface area contributed by atoms with Crippen LogP contribution in [0.5, 0.6) is 5.75 Å². The highest BCUT2D eigenvalue weighted by Crippen LogP contribution is 2.41. The number of benzene rings is 2. The SMILES string of the molecule is Cc1cc(Nc2ncc(Cl)c(Nc3ccccc3P(C)(C)=O)n2)cc2c1N1CCN(C(=O)/C=C/Cn3cnnc3)C[C@H]1CO2. The second-order valence-electron chi connectivity index (χ2n) is 11.2. The van der Waals surface area contributed by atoms with Gasteiger partial charge in [-0.05, 0) is 44.0 Å². The second kappa shape index (κ2) is 12.3. The predicted octanol–water partition coefficient (Wildman–Crippen LogP) is 4.43. The van der Waals surface area contributed by atoms with E-state index in [9.17, 15) is 9.36 Å². The van der Waals surface area contributed by atoms with E-state index in [4.69, 9.17) is 16.3 Å². The Morgan fingerprint density at radius 2 is 1.95 bits per heavy atom. The van der Waals surface area contributed by atoms with Crippen molar-refractivity contribution in [2.75, 3.05) is 55.1 Å². The summed E-state index contributed by atoms with van der Waals surface area (Å²) in [6, 6.07) is 11.4. The van der Waals surface area contributed by atoms with Gasteiger partial charge in [0.25, 0.3) is 0 Å². The van der Waals surface area contributed by atoms with Crippen LogP contribution in [0.1, 0.15) is 5.56 Å². The maximum Gasteiger partial charge on any atom is 0.246 e. The molecular weight excluding hydrogens is 601 g/mol. The van der Waals surface area contributed by atoms with Gasteiger partial charge in [0.1, 0.15) is 37.2 Å². The number of carbonyl (C=O) groups excluding carboxylic acids is 1. The maximum absolute atomic E-state index is 12.8. The molecular formula is C30H33ClN9O3P. The van der Waals surface area contributed by atoms with E-state index < -0.39 is 7.14 Å². The minimum atomic E-state index is -2.53. The van der Waals surface area contributed by atoms with Gasteiger partial charge in [-0.1, -0.05) is 29.8 Å². The number of amides is 1. The van der Waals surface area contributed by atoms with Gasteiger partial charge < -0.3 is 34.3 Å². The molecule has 2 aromatic carbocycles. The maximum atomic E-state index is 12.8. The summed E-state index contributed by atoms with van der Waals surface area (Å²) in [4.78, 5) is 26.0. The lowest BCUT2D eigenvalue weighted by atomic mass is 10.0. The van der Waals surface area contributed by atoms with Crippen molar-refractivity contribution < 1.29 is 14.1 Å². The molecule has 4 heterocycles. The van der Waals surface area contributed by atoms with Crippen molar-refractivity contribution in [2.45, 2.75) is 19.5 Å². The van der Waals surface area contributed by atoms with E-state index in [1.54, 1.807) is 36.6 Å². The summed E-state index contributed by atoms with van der Waals surface area (Å²) in [5.74, 6) is 1.50. The molecule has 1 fully saturated rings. The third-order valence-electron chi connectivity index (χ3n) is 7.56. The van der Waals surface area contributed by atoms with Gasteiger partial charge in [-0.3, -0.25) is 4.79 Å². The van der Waals surface area contributed by atoms with Gasteiger partial charge in [0, 0.05) is 49.3 Å². The summed E-state index contributed by atoms with van der Waals surface area (Å²) in [5, 5.41) is 15.1. The van der Waals surface area contributed by atoms with E-state index in [-0.39, 0.29) is 11.9 Å². The van der Waals surface area contributed by atoms with Crippen LogP contribution in [0.2, 0.25) is 5.02 Å². The molecule has 0 aliphatic carbocycles. The zero-order valence-corrected chi connectivity index (χ0v) is 26.3. The molecule has 0 spiro atoms. The van der Waals surface area contributed by atoms with E-state index in [0.717, 1.165) is 28.0 Å². The summed E-state index contributed by atoms with van der Waals surface area (Å²) < 4.78 is 20.8. The fourth-order valence-electron chi connectivity index (χ4n) is 5.49. The molecule has 2 aliphatic rings. The highest BCUT2D eigenvalue weighted by molar-refractivity contribution is 7.70. The van der Waals surface area contributed by atoms with Crippen molar-refractivity contribution in [1.82, 2.24) is 29.6 Å². The summed E-state index contributed by atoms with van der Waals surface area (Å²) in [6.07, 6.45) is 8.19. The van der Waals surface area contributed by atoms with Gasteiger partial charge in [0.15, 0.2) is 5.82 Å². The smallest absolute Gasteiger partial charge is 0.246 e. The van der Waals surface area contributed by atoms with Crippen LogP contribution in [0.3, 0.4) is 0 Å². The minimum Gasteiger partial charge on any atom is -0.489 e. The fraction of sp³-hybridized carbons (Fsp3) is 0.300. The number of piperazine rings is 1. The van der Waals surface area contributed by atoms with Crippen LogP contribution in [0.25, 0.3) is 0 Å². The third-order valence-corrected chi connectivity index (χ3v) is 9.39. The number of ether oxygens (including phenoxy) is 1. The lowest BCUT2D eigenvalue weighted by molar-refractivity contribution is -0.127. The number of hydrogen-bond donors (Lipinski definition) is 2. The van der Waals surface area contributed by atoms with Crippen LogP contribution in [0.15, 0.2) is 67.4 Å². The predicted molar refractivity (Wildman–Crippen MR) is 173 cm³/mol. The monoisotopic (exact) mass is 633 g/mol. The molecule has 228 valence electrons. The van der Waals surface area contributed by atoms with Crippen LogP contribution in [0, 0.1) is 6.92 Å². The molecule has 0 saturated carbocycles. The molecule has 4 aromatic rings. The Bertz CT molecular complexity index is 1760. The Balaban J connectivity index is 1.14. The zero-order valence-electron chi connectivity index (χ0n) is 24.6. The number of carbonyl (C=O) groups is 1. The Labute approximate surface area is 260 Å². The van der Waals surface area contributed by atoms with Crippen molar-refractivity contribution in [3.8, 4) is 5.75 Å². The van der Waals surface area contributed by atoms with Crippen LogP contribution in [-0.2, 0) is 15.9 Å². The van der Waals surface area contributed by atoms with Crippen LogP contribution < -0.4 is 25.6 Å². The Kier molecular flexibility index (Phi) is 8.29. The standard InChI is InChI=1S/C30H33ClN9O3P/c1-20-13-21(35-30-32-15-23(31)29(37-30)36-24-7-4-5-8-26(24)44(2,3)42)14-25-28(20)40-12-11-39(16-22(40)17-43-25)27(41)9-6-10-38-18-33-34-19-38/h4-9,13-15,18-19,22H,10-12,16-17H2,1-3H3,(H2,32,35,36,37)/b9-6+/t22-/m0/s1. The topological polar surface area (TPSA) is 130 Å². The third kappa shape index (κ3) is 6.41. The Morgan fingerprint density at radius 1 is 1.16 bits per heavy atom. The molecule has 2 aromatic heterocycles. The Hall–Kier alpha value is -4.41. The number of halogens is 1. The average Bonchev–Trinajstić information content (AvgIpc) is 3.51. The van der Waals surface area contributed by atoms with E-state index in [2.05, 4.69) is 35.7 Å². The zero-order chi connectivity index (χ0) is 30.8. The van der Waals surface area contributed by atoms with E-state index in [1.165, 1.54) is 6.20 Å². The number of nitrogens with one attached hydrogen (secondary N) is 2. The van der Waals surface area contributed by atoms with Crippen molar-refractivity contribution >= 4 is 58.8 Å². The molecule has 0 unspecified atom stereocenters. The first-order valence-corrected chi connectivity index (χ1v) is 17.2. The molecule has 1 amide bonds. The number of anilines is 5. The molecule has 12 nitrogen and oxygen atoms in total. The van der Waals surface area contributed by atoms with Crippen molar-refractivity contribution in [3.63, 3.8) is 0 Å². The van der Waals surface area contributed by atoms with Crippen molar-refractivity contribution in [3.05, 3.63) is 78.0 Å². The first-order valence-electron chi connectivity index (χ1n) is 14.2. The fourth-order valence-corrected chi connectivity index (χ4v) is 6.79. The molecule has 44 heavy (non-hydrogen) atoms. The first-order chi connectivity index (χ1) is 21.2. The van der Waals surface area contributed by atoms with Crippen LogP contribution in [-0.4, -0.2) is 81.2 Å². The summed E-state index contributed by atoms with van der Waals surface area (Å²) in [7, 11) is -2.53. The largest absolute Gasteiger partial charge is 0.489 e. The highest BCUT2D eigenvalue weighted by atomic mass is 35.5. The van der Waals surface area contributed by atoms with Gasteiger partial charge >= 0.3 is 0 Å². The van der Waals surface area contributed by atoms with Crippen molar-refractivity contribution in [2.24, 2.45) is 0 Å². The molecule has 0 radical (unpaired) electrons. The number of para-hydroxylation sites is 1. The summed E-state index contributed by atoms with van der Waals surface area (Å²) >= 11 is 6.43. The van der Waals surface area contributed by atoms with Gasteiger partial charge in [0.2, 0.25) is 11.9 Å². The average molecular weight is 634 g/mol. The number of fused-ring (bicyclic) bond motifs is 3. The highest BCUT2D eigenvalue weighted by Gasteiger charge is 2.35. The number of nitrogens with zero attached hydrogens (tertiary/aromatic N) is 7. The molecule has 14 heteroatoms. The van der Waals surface area contributed by atoms with E-state index in [1.807, 2.05) is 54.3 Å². The van der Waals surface area contributed by atoms with Gasteiger partial charge in [-0.15, -0.1) is 10.2 Å². The number of aromatic nitrogens is 5. The van der Waals surface area contributed by atoms with Gasteiger partial charge in [0.05, 0.1) is 23.6 Å². The summed E-state index contributed by atoms with van der Waals surface area (Å²) in [5.41, 5.74) is 3.52. The molecule has 2 N–H and O–H groups in total. The normalized spacial score (nSPS) is 16.3. The quantitative estimate of drug-likeness (QED) is 0.212. The molecule has 2 aliphatic heterocycles. The van der Waals surface area contributed by atoms with Crippen LogP contribution in [0.4, 0.5) is 28.8 Å². The molecule has 1 saturated heterocycles. The lowest BCUT2D eigenvalue weighted by Gasteiger charge is -2.46. The first kappa shape index (κ1) is 29.7. The van der Waals surface area contributed by atoms with Gasteiger partial charge in [-0.25, -0.2) is 4.98 Å². The van der Waals surface area contributed by atoms with Crippen LogP contribution >= 0.6 is 18.7 Å². The lowest BCUT2D eigenvalue weighted by Crippen LogP contribution is -2.58.